The van der Waals surface area contributed by atoms with Crippen LogP contribution in [-0.4, -0.2) is 49.4 Å². The average molecular weight is 445 g/mol. The van der Waals surface area contributed by atoms with Crippen molar-refractivity contribution in [3.63, 3.8) is 0 Å². The Morgan fingerprint density at radius 1 is 1.23 bits per heavy atom. The van der Waals surface area contributed by atoms with Gasteiger partial charge in [-0.15, -0.1) is 5.10 Å². The fourth-order valence-electron chi connectivity index (χ4n) is 3.52. The number of likely N-dealkylation sites (tertiary alicyclic amines) is 1. The summed E-state index contributed by atoms with van der Waals surface area (Å²) in [6, 6.07) is 5.59. The normalized spacial score (nSPS) is 17.5. The van der Waals surface area contributed by atoms with E-state index < -0.39 is 11.9 Å². The molecule has 0 spiro atoms. The summed E-state index contributed by atoms with van der Waals surface area (Å²) in [6.07, 6.45) is 2.45. The van der Waals surface area contributed by atoms with Crippen molar-refractivity contribution in [2.24, 2.45) is 4.99 Å². The summed E-state index contributed by atoms with van der Waals surface area (Å²) in [4.78, 5) is 27.6. The number of carbonyl (C=O) groups is 1. The van der Waals surface area contributed by atoms with Crippen molar-refractivity contribution >= 4 is 34.8 Å². The monoisotopic (exact) mass is 444 g/mol. The lowest BCUT2D eigenvalue weighted by molar-refractivity contribution is 0.0639. The van der Waals surface area contributed by atoms with Gasteiger partial charge in [-0.25, -0.2) is 14.1 Å². The van der Waals surface area contributed by atoms with E-state index in [1.165, 1.54) is 23.0 Å². The third-order valence-electron chi connectivity index (χ3n) is 5.18. The number of amides is 1. The molecule has 2 aromatic heterocycles. The van der Waals surface area contributed by atoms with Crippen molar-refractivity contribution in [2.45, 2.75) is 19.4 Å². The van der Waals surface area contributed by atoms with E-state index in [1.54, 1.807) is 24.0 Å². The second-order valence-electron chi connectivity index (χ2n) is 7.09. The van der Waals surface area contributed by atoms with Crippen LogP contribution in [0.3, 0.4) is 0 Å². The molecule has 0 saturated carbocycles. The molecular formula is C20H15Cl2FN6O. The first kappa shape index (κ1) is 19.1. The van der Waals surface area contributed by atoms with Crippen molar-refractivity contribution in [3.05, 3.63) is 69.2 Å². The van der Waals surface area contributed by atoms with Crippen LogP contribution in [0, 0.1) is 5.82 Å². The van der Waals surface area contributed by atoms with Crippen LogP contribution in [-0.2, 0) is 0 Å². The molecule has 7 nitrogen and oxygen atoms in total. The fraction of sp³-hybridized carbons (Fsp3) is 0.250. The first-order valence-corrected chi connectivity index (χ1v) is 10.1. The van der Waals surface area contributed by atoms with E-state index in [9.17, 15) is 9.18 Å². The molecule has 0 N–H and O–H groups in total. The zero-order chi connectivity index (χ0) is 21.0. The third kappa shape index (κ3) is 2.90. The van der Waals surface area contributed by atoms with Gasteiger partial charge in [-0.2, -0.15) is 0 Å². The first-order chi connectivity index (χ1) is 14.5. The van der Waals surface area contributed by atoms with Gasteiger partial charge in [-0.1, -0.05) is 23.2 Å². The van der Waals surface area contributed by atoms with Crippen molar-refractivity contribution in [3.8, 4) is 5.69 Å². The Balaban J connectivity index is 1.74. The van der Waals surface area contributed by atoms with E-state index in [1.807, 2.05) is 0 Å². The Labute approximate surface area is 181 Å². The molecular weight excluding hydrogens is 430 g/mol. The lowest BCUT2D eigenvalue weighted by atomic mass is 10.0. The molecule has 1 fully saturated rings. The second kappa shape index (κ2) is 7.14. The van der Waals surface area contributed by atoms with Gasteiger partial charge in [0.2, 0.25) is 5.82 Å². The molecule has 2 aliphatic heterocycles. The van der Waals surface area contributed by atoms with E-state index >= 15 is 0 Å². The zero-order valence-electron chi connectivity index (χ0n) is 15.8. The minimum atomic E-state index is -0.536. The topological polar surface area (TPSA) is 76.3 Å². The van der Waals surface area contributed by atoms with Crippen molar-refractivity contribution in [2.75, 3.05) is 13.1 Å². The number of carbonyl (C=O) groups excluding carboxylic acids is 1. The molecule has 1 aromatic carbocycles. The van der Waals surface area contributed by atoms with Crippen LogP contribution in [0.25, 0.3) is 5.69 Å². The highest BCUT2D eigenvalue weighted by atomic mass is 35.5. The van der Waals surface area contributed by atoms with Gasteiger partial charge in [0.05, 0.1) is 21.4 Å². The summed E-state index contributed by atoms with van der Waals surface area (Å²) in [5.41, 5.74) is 1.20. The van der Waals surface area contributed by atoms with Crippen LogP contribution >= 0.6 is 23.2 Å². The fourth-order valence-corrected chi connectivity index (χ4v) is 3.93. The number of hydrogen-bond acceptors (Lipinski definition) is 5. The Morgan fingerprint density at radius 3 is 2.73 bits per heavy atom. The minimum Gasteiger partial charge on any atom is -0.336 e. The van der Waals surface area contributed by atoms with Gasteiger partial charge in [0.1, 0.15) is 11.7 Å². The third-order valence-corrected chi connectivity index (χ3v) is 5.99. The number of nitrogens with zero attached hydrogens (tertiary/aromatic N) is 6. The molecule has 3 aromatic rings. The number of benzene rings is 1. The van der Waals surface area contributed by atoms with E-state index in [2.05, 4.69) is 20.1 Å². The number of aromatic nitrogens is 4. The summed E-state index contributed by atoms with van der Waals surface area (Å²) < 4.78 is 16.1. The van der Waals surface area contributed by atoms with Gasteiger partial charge in [0.25, 0.3) is 5.91 Å². The SMILES string of the molecule is C[C@@H]1N=C(c2ncccc2F)c2c(ccc(Cl)c2Cl)-n2nc(C(=O)N3CCC3)nc21. The van der Waals surface area contributed by atoms with Crippen LogP contribution in [0.15, 0.2) is 35.5 Å². The number of rotatable bonds is 2. The average Bonchev–Trinajstić information content (AvgIpc) is 3.09. The van der Waals surface area contributed by atoms with Gasteiger partial charge in [-0.3, -0.25) is 14.8 Å². The van der Waals surface area contributed by atoms with Crippen molar-refractivity contribution < 1.29 is 9.18 Å². The number of halogens is 3. The highest BCUT2D eigenvalue weighted by Gasteiger charge is 2.32. The number of pyridine rings is 1. The Bertz CT molecular complexity index is 1220. The molecule has 2 aliphatic rings. The Morgan fingerprint density at radius 2 is 2.03 bits per heavy atom. The van der Waals surface area contributed by atoms with Gasteiger partial charge in [0.15, 0.2) is 11.6 Å². The number of aliphatic imine (C=N–C) groups is 1. The minimum absolute atomic E-state index is 0.0531. The maximum Gasteiger partial charge on any atom is 0.293 e. The molecule has 1 saturated heterocycles. The van der Waals surface area contributed by atoms with Gasteiger partial charge >= 0.3 is 0 Å². The highest BCUT2D eigenvalue weighted by molar-refractivity contribution is 6.45. The number of fused-ring (bicyclic) bond motifs is 3. The molecule has 10 heteroatoms. The Hall–Kier alpha value is -2.84. The molecule has 0 unspecified atom stereocenters. The van der Waals surface area contributed by atoms with E-state index in [0.717, 1.165) is 6.42 Å². The molecule has 0 bridgehead atoms. The van der Waals surface area contributed by atoms with Crippen LogP contribution in [0.5, 0.6) is 0 Å². The largest absolute Gasteiger partial charge is 0.336 e. The molecule has 0 radical (unpaired) electrons. The lowest BCUT2D eigenvalue weighted by Gasteiger charge is -2.29. The standard InChI is InChI=1S/C20H15Cl2FN6O/c1-10-19-26-18(20(30)28-8-3-9-28)27-29(19)13-6-5-11(21)15(22)14(13)17(25-10)16-12(23)4-2-7-24-16/h2,4-7,10H,3,8-9H2,1H3/t10-/m0/s1. The maximum atomic E-state index is 14.6. The highest BCUT2D eigenvalue weighted by Crippen LogP contribution is 2.37. The predicted octanol–water partition coefficient (Wildman–Crippen LogP) is 3.87. The molecule has 152 valence electrons. The molecule has 4 heterocycles. The summed E-state index contributed by atoms with van der Waals surface area (Å²) in [6.45, 7) is 3.18. The van der Waals surface area contributed by atoms with Crippen LogP contribution in [0.4, 0.5) is 4.39 Å². The number of hydrogen-bond donors (Lipinski definition) is 0. The van der Waals surface area contributed by atoms with Crippen LogP contribution < -0.4 is 0 Å². The second-order valence-corrected chi connectivity index (χ2v) is 7.88. The van der Waals surface area contributed by atoms with Crippen molar-refractivity contribution in [1.29, 1.82) is 0 Å². The first-order valence-electron chi connectivity index (χ1n) is 9.39. The van der Waals surface area contributed by atoms with Crippen LogP contribution in [0.1, 0.15) is 47.1 Å². The van der Waals surface area contributed by atoms with E-state index in [4.69, 9.17) is 23.2 Å². The van der Waals surface area contributed by atoms with Gasteiger partial charge in [0, 0.05) is 24.8 Å². The summed E-state index contributed by atoms with van der Waals surface area (Å²) in [5.74, 6) is -0.219. The molecule has 1 amide bonds. The summed E-state index contributed by atoms with van der Waals surface area (Å²) in [5, 5.41) is 4.93. The summed E-state index contributed by atoms with van der Waals surface area (Å²) in [7, 11) is 0. The molecule has 30 heavy (non-hydrogen) atoms. The van der Waals surface area contributed by atoms with Crippen molar-refractivity contribution in [1.82, 2.24) is 24.6 Å². The molecule has 0 aliphatic carbocycles. The van der Waals surface area contributed by atoms with E-state index in [0.29, 0.717) is 30.2 Å². The van der Waals surface area contributed by atoms with E-state index in [-0.39, 0.29) is 33.2 Å². The Kier molecular flexibility index (Phi) is 4.56. The smallest absolute Gasteiger partial charge is 0.293 e. The van der Waals surface area contributed by atoms with Gasteiger partial charge < -0.3 is 4.90 Å². The summed E-state index contributed by atoms with van der Waals surface area (Å²) >= 11 is 12.8. The molecule has 5 rings (SSSR count). The van der Waals surface area contributed by atoms with Crippen LogP contribution in [0.2, 0.25) is 10.0 Å². The zero-order valence-corrected chi connectivity index (χ0v) is 17.3. The predicted molar refractivity (Wildman–Crippen MR) is 110 cm³/mol. The maximum absolute atomic E-state index is 14.6. The quantitative estimate of drug-likeness (QED) is 0.600. The van der Waals surface area contributed by atoms with Gasteiger partial charge in [-0.05, 0) is 37.6 Å². The molecule has 1 atom stereocenters. The lowest BCUT2D eigenvalue weighted by Crippen LogP contribution is -2.42.